The summed E-state index contributed by atoms with van der Waals surface area (Å²) in [5.41, 5.74) is -1.14. The Balaban J connectivity index is 2.95. The Hall–Kier alpha value is -1.14. The van der Waals surface area contributed by atoms with Gasteiger partial charge in [0.1, 0.15) is 0 Å². The normalized spacial score (nSPS) is 27.4. The molecule has 1 saturated heterocycles. The van der Waals surface area contributed by atoms with Gasteiger partial charge in [-0.15, -0.1) is 0 Å². The molecular weight excluding hydrogens is 188 g/mol. The molecule has 1 N–H and O–H groups in total. The van der Waals surface area contributed by atoms with Crippen LogP contribution in [0.25, 0.3) is 0 Å². The van der Waals surface area contributed by atoms with Crippen molar-refractivity contribution in [3.8, 4) is 0 Å². The summed E-state index contributed by atoms with van der Waals surface area (Å²) in [7, 11) is 4.24. The predicted octanol–water partition coefficient (Wildman–Crippen LogP) is -0.454. The third kappa shape index (κ3) is 1.36. The number of rotatable bonds is 3. The van der Waals surface area contributed by atoms with Crippen LogP contribution in [0.3, 0.4) is 0 Å². The molecular formula is C8H14N2O4. The first-order valence-corrected chi connectivity index (χ1v) is 4.13. The number of carbonyl (C=O) groups is 2. The molecule has 1 rings (SSSR count). The summed E-state index contributed by atoms with van der Waals surface area (Å²) in [6.07, 6.45) is -0.788. The molecule has 1 heterocycles. The molecule has 0 bridgehead atoms. The number of carbonyl (C=O) groups excluding carboxylic acids is 2. The fourth-order valence-electron chi connectivity index (χ4n) is 1.53. The van der Waals surface area contributed by atoms with Crippen LogP contribution in [0.15, 0.2) is 0 Å². The number of imide groups is 1. The zero-order valence-electron chi connectivity index (χ0n) is 8.66. The van der Waals surface area contributed by atoms with Gasteiger partial charge in [0.05, 0.1) is 0 Å². The van der Waals surface area contributed by atoms with Gasteiger partial charge >= 0.3 is 6.03 Å². The number of ether oxygens (including phenoxy) is 2. The van der Waals surface area contributed by atoms with E-state index in [1.54, 1.807) is 6.92 Å². The Morgan fingerprint density at radius 1 is 1.36 bits per heavy atom. The maximum absolute atomic E-state index is 11.7. The number of nitrogens with one attached hydrogen (secondary N) is 1. The van der Waals surface area contributed by atoms with E-state index in [2.05, 4.69) is 5.32 Å². The standard InChI is InChI=1S/C8H14N2O4/c1-8(6(13-3)14-4)5(11)10(2)7(12)9-8/h6H,1-4H3,(H,9,12)/t8-/m1/s1. The van der Waals surface area contributed by atoms with E-state index in [1.807, 2.05) is 0 Å². The summed E-state index contributed by atoms with van der Waals surface area (Å²) < 4.78 is 9.94. The van der Waals surface area contributed by atoms with Crippen LogP contribution < -0.4 is 5.32 Å². The van der Waals surface area contributed by atoms with Crippen molar-refractivity contribution in [1.82, 2.24) is 10.2 Å². The summed E-state index contributed by atoms with van der Waals surface area (Å²) in [5, 5.41) is 2.52. The number of hydrogen-bond acceptors (Lipinski definition) is 4. The van der Waals surface area contributed by atoms with E-state index in [-0.39, 0.29) is 5.91 Å². The zero-order valence-corrected chi connectivity index (χ0v) is 8.66. The van der Waals surface area contributed by atoms with Crippen molar-refractivity contribution in [3.05, 3.63) is 0 Å². The monoisotopic (exact) mass is 202 g/mol. The number of nitrogens with zero attached hydrogens (tertiary/aromatic N) is 1. The Kier molecular flexibility index (Phi) is 2.77. The molecule has 0 aromatic carbocycles. The first kappa shape index (κ1) is 10.9. The maximum Gasteiger partial charge on any atom is 0.324 e. The largest absolute Gasteiger partial charge is 0.353 e. The minimum atomic E-state index is -1.14. The van der Waals surface area contributed by atoms with Crippen LogP contribution in [-0.2, 0) is 14.3 Å². The molecule has 6 heteroatoms. The molecule has 6 nitrogen and oxygen atoms in total. The summed E-state index contributed by atoms with van der Waals surface area (Å²) in [5.74, 6) is -0.365. The smallest absolute Gasteiger partial charge is 0.324 e. The van der Waals surface area contributed by atoms with Crippen molar-refractivity contribution < 1.29 is 19.1 Å². The van der Waals surface area contributed by atoms with Gasteiger partial charge in [-0.25, -0.2) is 4.79 Å². The highest BCUT2D eigenvalue weighted by molar-refractivity contribution is 6.06. The Morgan fingerprint density at radius 3 is 2.14 bits per heavy atom. The molecule has 80 valence electrons. The van der Waals surface area contributed by atoms with Crippen LogP contribution in [-0.4, -0.2) is 49.9 Å². The summed E-state index contributed by atoms with van der Waals surface area (Å²) in [4.78, 5) is 23.9. The SMILES string of the molecule is COC(OC)[C@]1(C)NC(=O)N(C)C1=O. The highest BCUT2D eigenvalue weighted by Gasteiger charge is 2.52. The van der Waals surface area contributed by atoms with Crippen LogP contribution in [0.1, 0.15) is 6.92 Å². The number of amides is 3. The van der Waals surface area contributed by atoms with Crippen molar-refractivity contribution in [3.63, 3.8) is 0 Å². The molecule has 1 aliphatic heterocycles. The molecule has 1 fully saturated rings. The van der Waals surface area contributed by atoms with Crippen LogP contribution in [0.5, 0.6) is 0 Å². The number of likely N-dealkylation sites (N-methyl/N-ethyl adjacent to an activating group) is 1. The molecule has 0 aromatic heterocycles. The molecule has 0 aliphatic carbocycles. The van der Waals surface area contributed by atoms with Gasteiger partial charge in [-0.3, -0.25) is 9.69 Å². The molecule has 1 atom stereocenters. The minimum absolute atomic E-state index is 0.365. The molecule has 3 amide bonds. The molecule has 0 radical (unpaired) electrons. The fourth-order valence-corrected chi connectivity index (χ4v) is 1.53. The molecule has 0 aromatic rings. The van der Waals surface area contributed by atoms with Crippen LogP contribution >= 0.6 is 0 Å². The number of hydrogen-bond donors (Lipinski definition) is 1. The van der Waals surface area contributed by atoms with Gasteiger partial charge in [0.2, 0.25) is 0 Å². The Bertz CT molecular complexity index is 264. The topological polar surface area (TPSA) is 67.9 Å². The highest BCUT2D eigenvalue weighted by atomic mass is 16.7. The first-order chi connectivity index (χ1) is 6.47. The predicted molar refractivity (Wildman–Crippen MR) is 47.5 cm³/mol. The van der Waals surface area contributed by atoms with E-state index in [0.717, 1.165) is 4.90 Å². The lowest BCUT2D eigenvalue weighted by atomic mass is 10.0. The van der Waals surface area contributed by atoms with Crippen molar-refractivity contribution in [1.29, 1.82) is 0 Å². The number of urea groups is 1. The van der Waals surface area contributed by atoms with Crippen molar-refractivity contribution in [2.75, 3.05) is 21.3 Å². The average Bonchev–Trinajstić information content (AvgIpc) is 2.33. The quantitative estimate of drug-likeness (QED) is 0.497. The lowest BCUT2D eigenvalue weighted by Gasteiger charge is -2.28. The van der Waals surface area contributed by atoms with Gasteiger partial charge in [0.25, 0.3) is 5.91 Å². The summed E-state index contributed by atoms with van der Waals surface area (Å²) >= 11 is 0. The van der Waals surface area contributed by atoms with E-state index in [9.17, 15) is 9.59 Å². The first-order valence-electron chi connectivity index (χ1n) is 4.13. The van der Waals surface area contributed by atoms with Gasteiger partial charge in [0, 0.05) is 21.3 Å². The van der Waals surface area contributed by atoms with E-state index in [1.165, 1.54) is 21.3 Å². The van der Waals surface area contributed by atoms with E-state index in [4.69, 9.17) is 9.47 Å². The second-order valence-corrected chi connectivity index (χ2v) is 3.30. The maximum atomic E-state index is 11.7. The lowest BCUT2D eigenvalue weighted by Crippen LogP contribution is -2.55. The van der Waals surface area contributed by atoms with Gasteiger partial charge in [-0.05, 0) is 6.92 Å². The van der Waals surface area contributed by atoms with Crippen LogP contribution in [0, 0.1) is 0 Å². The van der Waals surface area contributed by atoms with E-state index < -0.39 is 17.9 Å². The van der Waals surface area contributed by atoms with Crippen molar-refractivity contribution in [2.24, 2.45) is 0 Å². The van der Waals surface area contributed by atoms with E-state index in [0.29, 0.717) is 0 Å². The second-order valence-electron chi connectivity index (χ2n) is 3.30. The van der Waals surface area contributed by atoms with Gasteiger partial charge < -0.3 is 14.8 Å². The Morgan fingerprint density at radius 2 is 1.86 bits per heavy atom. The van der Waals surface area contributed by atoms with Gasteiger partial charge in [0.15, 0.2) is 11.8 Å². The lowest BCUT2D eigenvalue weighted by molar-refractivity contribution is -0.164. The molecule has 0 saturated carbocycles. The minimum Gasteiger partial charge on any atom is -0.353 e. The third-order valence-corrected chi connectivity index (χ3v) is 2.32. The molecule has 14 heavy (non-hydrogen) atoms. The van der Waals surface area contributed by atoms with Gasteiger partial charge in [-0.1, -0.05) is 0 Å². The van der Waals surface area contributed by atoms with Crippen LogP contribution in [0.2, 0.25) is 0 Å². The Labute approximate surface area is 82.1 Å². The molecule has 1 aliphatic rings. The second kappa shape index (κ2) is 3.55. The van der Waals surface area contributed by atoms with Gasteiger partial charge in [-0.2, -0.15) is 0 Å². The summed E-state index contributed by atoms with van der Waals surface area (Å²) in [6.45, 7) is 1.56. The molecule has 0 unspecified atom stereocenters. The fraction of sp³-hybridized carbons (Fsp3) is 0.750. The number of methoxy groups -OCH3 is 2. The zero-order chi connectivity index (χ0) is 10.9. The summed E-state index contributed by atoms with van der Waals surface area (Å²) in [6, 6.07) is -0.448. The highest BCUT2D eigenvalue weighted by Crippen LogP contribution is 2.22. The van der Waals surface area contributed by atoms with Crippen LogP contribution in [0.4, 0.5) is 4.79 Å². The molecule has 0 spiro atoms. The van der Waals surface area contributed by atoms with E-state index >= 15 is 0 Å². The van der Waals surface area contributed by atoms with Crippen molar-refractivity contribution in [2.45, 2.75) is 18.8 Å². The van der Waals surface area contributed by atoms with Crippen molar-refractivity contribution >= 4 is 11.9 Å². The average molecular weight is 202 g/mol. The third-order valence-electron chi connectivity index (χ3n) is 2.32.